The number of nitrogen functional groups attached to an aromatic ring is 1. The first kappa shape index (κ1) is 19.4. The summed E-state index contributed by atoms with van der Waals surface area (Å²) in [5.41, 5.74) is 9.10. The van der Waals surface area contributed by atoms with Crippen molar-refractivity contribution in [2.24, 2.45) is 0 Å². The molecule has 7 nitrogen and oxygen atoms in total. The SMILES string of the molecule is CS(=O)(=O)Nc1cccc(-c2ccc3nc(N)nc(NC4CCCCC4)c3c2)c1. The Morgan fingerprint density at radius 1 is 1.00 bits per heavy atom. The Hall–Kier alpha value is -2.87. The van der Waals surface area contributed by atoms with E-state index in [1.807, 2.05) is 36.4 Å². The van der Waals surface area contributed by atoms with Gasteiger partial charge in [-0.15, -0.1) is 0 Å². The van der Waals surface area contributed by atoms with Crippen LogP contribution in [0.25, 0.3) is 22.0 Å². The van der Waals surface area contributed by atoms with E-state index < -0.39 is 10.0 Å². The summed E-state index contributed by atoms with van der Waals surface area (Å²) in [6.07, 6.45) is 7.13. The Bertz CT molecular complexity index is 1140. The van der Waals surface area contributed by atoms with Crippen LogP contribution in [0.2, 0.25) is 0 Å². The van der Waals surface area contributed by atoms with Crippen molar-refractivity contribution in [3.8, 4) is 11.1 Å². The van der Waals surface area contributed by atoms with Gasteiger partial charge in [0.25, 0.3) is 0 Å². The number of nitrogens with two attached hydrogens (primary N) is 1. The van der Waals surface area contributed by atoms with Gasteiger partial charge in [0.15, 0.2) is 0 Å². The average molecular weight is 412 g/mol. The van der Waals surface area contributed by atoms with Crippen LogP contribution in [-0.2, 0) is 10.0 Å². The molecule has 2 aromatic carbocycles. The van der Waals surface area contributed by atoms with E-state index in [9.17, 15) is 8.42 Å². The lowest BCUT2D eigenvalue weighted by Gasteiger charge is -2.24. The fourth-order valence-electron chi connectivity index (χ4n) is 3.85. The molecule has 29 heavy (non-hydrogen) atoms. The van der Waals surface area contributed by atoms with Crippen LogP contribution < -0.4 is 15.8 Å². The average Bonchev–Trinajstić information content (AvgIpc) is 2.67. The van der Waals surface area contributed by atoms with Crippen molar-refractivity contribution in [3.63, 3.8) is 0 Å². The van der Waals surface area contributed by atoms with E-state index in [-0.39, 0.29) is 5.95 Å². The summed E-state index contributed by atoms with van der Waals surface area (Å²) in [5.74, 6) is 1.01. The Labute approximate surface area is 170 Å². The van der Waals surface area contributed by atoms with Crippen molar-refractivity contribution < 1.29 is 8.42 Å². The second-order valence-corrected chi connectivity index (χ2v) is 9.35. The van der Waals surface area contributed by atoms with E-state index in [4.69, 9.17) is 5.73 Å². The molecular weight excluding hydrogens is 386 g/mol. The van der Waals surface area contributed by atoms with Crippen LogP contribution in [0.15, 0.2) is 42.5 Å². The second kappa shape index (κ2) is 7.87. The van der Waals surface area contributed by atoms with Crippen LogP contribution in [-0.4, -0.2) is 30.7 Å². The minimum Gasteiger partial charge on any atom is -0.368 e. The second-order valence-electron chi connectivity index (χ2n) is 7.60. The molecule has 0 aliphatic heterocycles. The number of anilines is 3. The molecule has 4 rings (SSSR count). The van der Waals surface area contributed by atoms with Gasteiger partial charge in [-0.05, 0) is 48.2 Å². The zero-order chi connectivity index (χ0) is 20.4. The lowest BCUT2D eigenvalue weighted by molar-refractivity contribution is 0.462. The fraction of sp³-hybridized carbons (Fsp3) is 0.333. The molecule has 1 heterocycles. The van der Waals surface area contributed by atoms with E-state index in [0.717, 1.165) is 46.9 Å². The predicted molar refractivity (Wildman–Crippen MR) is 118 cm³/mol. The molecule has 0 spiro atoms. The molecule has 152 valence electrons. The van der Waals surface area contributed by atoms with Crippen molar-refractivity contribution >= 4 is 38.4 Å². The topological polar surface area (TPSA) is 110 Å². The Morgan fingerprint density at radius 2 is 1.76 bits per heavy atom. The van der Waals surface area contributed by atoms with Crippen molar-refractivity contribution in [2.45, 2.75) is 38.1 Å². The summed E-state index contributed by atoms with van der Waals surface area (Å²) in [7, 11) is -3.33. The summed E-state index contributed by atoms with van der Waals surface area (Å²) in [4.78, 5) is 8.83. The van der Waals surface area contributed by atoms with Gasteiger partial charge < -0.3 is 11.1 Å². The number of rotatable bonds is 5. The lowest BCUT2D eigenvalue weighted by Crippen LogP contribution is -2.23. The Morgan fingerprint density at radius 3 is 2.52 bits per heavy atom. The summed E-state index contributed by atoms with van der Waals surface area (Å²) in [6.45, 7) is 0. The van der Waals surface area contributed by atoms with Crippen molar-refractivity contribution in [1.29, 1.82) is 0 Å². The molecule has 1 fully saturated rings. The maximum Gasteiger partial charge on any atom is 0.229 e. The molecule has 0 radical (unpaired) electrons. The molecule has 1 aromatic heterocycles. The highest BCUT2D eigenvalue weighted by Gasteiger charge is 2.16. The molecule has 0 amide bonds. The minimum atomic E-state index is -3.33. The number of hydrogen-bond donors (Lipinski definition) is 3. The number of nitrogens with zero attached hydrogens (tertiary/aromatic N) is 2. The number of hydrogen-bond acceptors (Lipinski definition) is 6. The zero-order valence-electron chi connectivity index (χ0n) is 16.4. The van der Waals surface area contributed by atoms with Crippen LogP contribution in [0.5, 0.6) is 0 Å². The van der Waals surface area contributed by atoms with Gasteiger partial charge in [0, 0.05) is 17.1 Å². The third-order valence-corrected chi connectivity index (χ3v) is 5.76. The van der Waals surface area contributed by atoms with Gasteiger partial charge >= 0.3 is 0 Å². The Balaban J connectivity index is 1.72. The maximum atomic E-state index is 11.5. The first-order valence-electron chi connectivity index (χ1n) is 9.79. The molecule has 1 aliphatic carbocycles. The van der Waals surface area contributed by atoms with Gasteiger partial charge in [0.1, 0.15) is 5.82 Å². The summed E-state index contributed by atoms with van der Waals surface area (Å²) in [6, 6.07) is 13.6. The molecule has 8 heteroatoms. The smallest absolute Gasteiger partial charge is 0.229 e. The molecule has 0 bridgehead atoms. The molecule has 0 saturated heterocycles. The molecule has 0 unspecified atom stereocenters. The van der Waals surface area contributed by atoms with Crippen molar-refractivity contribution in [3.05, 3.63) is 42.5 Å². The van der Waals surface area contributed by atoms with Gasteiger partial charge in [-0.1, -0.05) is 37.5 Å². The van der Waals surface area contributed by atoms with Gasteiger partial charge in [-0.3, -0.25) is 4.72 Å². The first-order chi connectivity index (χ1) is 13.9. The fourth-order valence-corrected chi connectivity index (χ4v) is 4.41. The third-order valence-electron chi connectivity index (χ3n) is 5.16. The van der Waals surface area contributed by atoms with E-state index >= 15 is 0 Å². The summed E-state index contributed by atoms with van der Waals surface area (Å²) >= 11 is 0. The summed E-state index contributed by atoms with van der Waals surface area (Å²) in [5, 5.41) is 4.47. The molecule has 3 aromatic rings. The molecular formula is C21H25N5O2S. The van der Waals surface area contributed by atoms with Crippen LogP contribution in [0.3, 0.4) is 0 Å². The van der Waals surface area contributed by atoms with Gasteiger partial charge in [0.2, 0.25) is 16.0 Å². The number of aromatic nitrogens is 2. The van der Waals surface area contributed by atoms with E-state index in [0.29, 0.717) is 11.7 Å². The van der Waals surface area contributed by atoms with Crippen LogP contribution in [0.4, 0.5) is 17.5 Å². The number of fused-ring (bicyclic) bond motifs is 1. The molecule has 0 atom stereocenters. The summed E-state index contributed by atoms with van der Waals surface area (Å²) < 4.78 is 25.6. The highest BCUT2D eigenvalue weighted by atomic mass is 32.2. The predicted octanol–water partition coefficient (Wildman–Crippen LogP) is 4.00. The number of sulfonamides is 1. The third kappa shape index (κ3) is 4.76. The lowest BCUT2D eigenvalue weighted by atomic mass is 9.95. The quantitative estimate of drug-likeness (QED) is 0.585. The largest absolute Gasteiger partial charge is 0.368 e. The highest BCUT2D eigenvalue weighted by Crippen LogP contribution is 2.31. The monoisotopic (exact) mass is 411 g/mol. The van der Waals surface area contributed by atoms with Gasteiger partial charge in [-0.2, -0.15) is 4.98 Å². The van der Waals surface area contributed by atoms with Crippen molar-refractivity contribution in [1.82, 2.24) is 9.97 Å². The van der Waals surface area contributed by atoms with Crippen LogP contribution in [0.1, 0.15) is 32.1 Å². The number of nitrogens with one attached hydrogen (secondary N) is 2. The standard InChI is InChI=1S/C21H25N5O2S/c1-29(27,28)26-17-9-5-6-14(12-17)15-10-11-19-18(13-15)20(25-21(22)24-19)23-16-7-3-2-4-8-16/h5-6,9-13,16,26H,2-4,7-8H2,1H3,(H3,22,23,24,25). The molecule has 1 aliphatic rings. The molecule has 1 saturated carbocycles. The first-order valence-corrected chi connectivity index (χ1v) is 11.7. The number of benzene rings is 2. The Kier molecular flexibility index (Phi) is 5.27. The van der Waals surface area contributed by atoms with Crippen LogP contribution in [0, 0.1) is 0 Å². The van der Waals surface area contributed by atoms with E-state index in [1.54, 1.807) is 6.07 Å². The van der Waals surface area contributed by atoms with Crippen LogP contribution >= 0.6 is 0 Å². The molecule has 4 N–H and O–H groups in total. The maximum absolute atomic E-state index is 11.5. The van der Waals surface area contributed by atoms with Gasteiger partial charge in [-0.25, -0.2) is 13.4 Å². The van der Waals surface area contributed by atoms with Crippen molar-refractivity contribution in [2.75, 3.05) is 22.0 Å². The zero-order valence-corrected chi connectivity index (χ0v) is 17.2. The van der Waals surface area contributed by atoms with Gasteiger partial charge in [0.05, 0.1) is 11.8 Å². The van der Waals surface area contributed by atoms with E-state index in [2.05, 4.69) is 20.0 Å². The normalized spacial score (nSPS) is 15.3. The minimum absolute atomic E-state index is 0.253. The van der Waals surface area contributed by atoms with E-state index in [1.165, 1.54) is 19.3 Å². The highest BCUT2D eigenvalue weighted by molar-refractivity contribution is 7.92.